The summed E-state index contributed by atoms with van der Waals surface area (Å²) in [4.78, 5) is 12.5. The number of hydrogen-bond acceptors (Lipinski definition) is 6. The molecule has 2 rings (SSSR count). The zero-order valence-corrected chi connectivity index (χ0v) is 17.3. The minimum absolute atomic E-state index is 0.0226. The number of hydrogen-bond donors (Lipinski definition) is 2. The SMILES string of the molecule is COc1cc(CC(=O)Nc2cc(S(N)(=O)=O)cc(C)c2C)cc(OC)c1OC. The molecule has 0 fully saturated rings. The molecule has 2 aromatic rings. The lowest BCUT2D eigenvalue weighted by Gasteiger charge is -2.15. The van der Waals surface area contributed by atoms with Crippen LogP contribution in [0, 0.1) is 13.8 Å². The molecular formula is C19H24N2O6S. The van der Waals surface area contributed by atoms with Gasteiger partial charge in [0.15, 0.2) is 11.5 Å². The molecule has 0 bridgehead atoms. The molecule has 152 valence electrons. The molecule has 0 aliphatic rings. The normalized spacial score (nSPS) is 11.1. The van der Waals surface area contributed by atoms with E-state index in [0.29, 0.717) is 34.1 Å². The number of sulfonamides is 1. The molecule has 0 heterocycles. The van der Waals surface area contributed by atoms with E-state index in [9.17, 15) is 13.2 Å². The summed E-state index contributed by atoms with van der Waals surface area (Å²) >= 11 is 0. The van der Waals surface area contributed by atoms with Crippen molar-refractivity contribution in [1.29, 1.82) is 0 Å². The van der Waals surface area contributed by atoms with Crippen LogP contribution in [0.15, 0.2) is 29.2 Å². The fourth-order valence-corrected chi connectivity index (χ4v) is 3.36. The van der Waals surface area contributed by atoms with Crippen molar-refractivity contribution in [3.05, 3.63) is 41.0 Å². The maximum Gasteiger partial charge on any atom is 0.238 e. The Morgan fingerprint density at radius 2 is 1.57 bits per heavy atom. The van der Waals surface area contributed by atoms with Crippen LogP contribution in [0.4, 0.5) is 5.69 Å². The number of aryl methyl sites for hydroxylation is 1. The summed E-state index contributed by atoms with van der Waals surface area (Å²) < 4.78 is 39.2. The van der Waals surface area contributed by atoms with E-state index in [-0.39, 0.29) is 17.2 Å². The van der Waals surface area contributed by atoms with Crippen LogP contribution in [0.3, 0.4) is 0 Å². The van der Waals surface area contributed by atoms with Crippen LogP contribution in [0.5, 0.6) is 17.2 Å². The molecule has 28 heavy (non-hydrogen) atoms. The van der Waals surface area contributed by atoms with E-state index in [2.05, 4.69) is 5.32 Å². The lowest BCUT2D eigenvalue weighted by Crippen LogP contribution is -2.18. The molecule has 0 radical (unpaired) electrons. The lowest BCUT2D eigenvalue weighted by molar-refractivity contribution is -0.115. The van der Waals surface area contributed by atoms with Crippen LogP contribution in [-0.2, 0) is 21.2 Å². The van der Waals surface area contributed by atoms with Crippen LogP contribution >= 0.6 is 0 Å². The van der Waals surface area contributed by atoms with Crippen LogP contribution in [0.2, 0.25) is 0 Å². The molecule has 0 atom stereocenters. The van der Waals surface area contributed by atoms with Gasteiger partial charge < -0.3 is 19.5 Å². The predicted octanol–water partition coefficient (Wildman–Crippen LogP) is 2.16. The number of nitrogens with two attached hydrogens (primary N) is 1. The highest BCUT2D eigenvalue weighted by atomic mass is 32.2. The molecule has 0 saturated heterocycles. The number of carbonyl (C=O) groups excluding carboxylic acids is 1. The molecule has 2 aromatic carbocycles. The summed E-state index contributed by atoms with van der Waals surface area (Å²) in [6.45, 7) is 3.54. The number of nitrogens with one attached hydrogen (secondary N) is 1. The molecule has 0 aliphatic carbocycles. The van der Waals surface area contributed by atoms with Gasteiger partial charge in [-0.2, -0.15) is 0 Å². The van der Waals surface area contributed by atoms with Crippen LogP contribution in [0.1, 0.15) is 16.7 Å². The second-order valence-corrected chi connectivity index (χ2v) is 7.78. The third-order valence-electron chi connectivity index (χ3n) is 4.33. The van der Waals surface area contributed by atoms with Crippen molar-refractivity contribution in [2.24, 2.45) is 5.14 Å². The number of rotatable bonds is 7. The maximum absolute atomic E-state index is 12.6. The van der Waals surface area contributed by atoms with Gasteiger partial charge in [0, 0.05) is 5.69 Å². The largest absolute Gasteiger partial charge is 0.493 e. The summed E-state index contributed by atoms with van der Waals surface area (Å²) in [7, 11) is 0.597. The third-order valence-corrected chi connectivity index (χ3v) is 5.23. The van der Waals surface area contributed by atoms with E-state index in [0.717, 1.165) is 5.56 Å². The second-order valence-electron chi connectivity index (χ2n) is 6.22. The Labute approximate surface area is 164 Å². The fourth-order valence-electron chi connectivity index (χ4n) is 2.74. The van der Waals surface area contributed by atoms with Crippen molar-refractivity contribution in [3.63, 3.8) is 0 Å². The first kappa shape index (κ1) is 21.5. The number of amides is 1. The summed E-state index contributed by atoms with van der Waals surface area (Å²) in [5, 5.41) is 7.95. The van der Waals surface area contributed by atoms with Gasteiger partial charge in [-0.25, -0.2) is 13.6 Å². The smallest absolute Gasteiger partial charge is 0.238 e. The van der Waals surface area contributed by atoms with E-state index in [1.807, 2.05) is 0 Å². The van der Waals surface area contributed by atoms with Crippen LogP contribution < -0.4 is 24.7 Å². The highest BCUT2D eigenvalue weighted by molar-refractivity contribution is 7.89. The summed E-state index contributed by atoms with van der Waals surface area (Å²) in [5.74, 6) is 0.977. The van der Waals surface area contributed by atoms with Gasteiger partial charge in [-0.15, -0.1) is 0 Å². The monoisotopic (exact) mass is 408 g/mol. The van der Waals surface area contributed by atoms with Crippen molar-refractivity contribution in [3.8, 4) is 17.2 Å². The summed E-state index contributed by atoms with van der Waals surface area (Å²) in [5.41, 5.74) is 2.49. The first-order valence-corrected chi connectivity index (χ1v) is 9.88. The van der Waals surface area contributed by atoms with Gasteiger partial charge in [-0.1, -0.05) is 0 Å². The van der Waals surface area contributed by atoms with Gasteiger partial charge in [0.1, 0.15) is 0 Å². The predicted molar refractivity (Wildman–Crippen MR) is 106 cm³/mol. The van der Waals surface area contributed by atoms with Gasteiger partial charge in [0.25, 0.3) is 0 Å². The topological polar surface area (TPSA) is 117 Å². The molecule has 0 aliphatic heterocycles. The average molecular weight is 408 g/mol. The molecule has 1 amide bonds. The Balaban J connectivity index is 2.31. The molecular weight excluding hydrogens is 384 g/mol. The Morgan fingerprint density at radius 1 is 1.00 bits per heavy atom. The number of ether oxygens (including phenoxy) is 3. The molecule has 3 N–H and O–H groups in total. The molecule has 9 heteroatoms. The Kier molecular flexibility index (Phi) is 6.52. The highest BCUT2D eigenvalue weighted by Crippen LogP contribution is 2.38. The number of methoxy groups -OCH3 is 3. The molecule has 0 aromatic heterocycles. The van der Waals surface area contributed by atoms with Gasteiger partial charge >= 0.3 is 0 Å². The second kappa shape index (κ2) is 8.49. The number of carbonyl (C=O) groups is 1. The summed E-state index contributed by atoms with van der Waals surface area (Å²) in [6, 6.07) is 6.18. The molecule has 8 nitrogen and oxygen atoms in total. The Morgan fingerprint density at radius 3 is 2.04 bits per heavy atom. The van der Waals surface area contributed by atoms with Gasteiger partial charge in [0.05, 0.1) is 32.6 Å². The maximum atomic E-state index is 12.6. The van der Waals surface area contributed by atoms with Gasteiger partial charge in [0.2, 0.25) is 21.7 Å². The highest BCUT2D eigenvalue weighted by Gasteiger charge is 2.17. The first-order valence-electron chi connectivity index (χ1n) is 8.33. The van der Waals surface area contributed by atoms with Crippen molar-refractivity contribution >= 4 is 21.6 Å². The Bertz CT molecular complexity index is 977. The van der Waals surface area contributed by atoms with E-state index < -0.39 is 10.0 Å². The minimum Gasteiger partial charge on any atom is -0.493 e. The molecule has 0 saturated carbocycles. The lowest BCUT2D eigenvalue weighted by atomic mass is 10.1. The molecule has 0 spiro atoms. The number of primary sulfonamides is 1. The quantitative estimate of drug-likeness (QED) is 0.725. The fraction of sp³-hybridized carbons (Fsp3) is 0.316. The van der Waals surface area contributed by atoms with E-state index in [4.69, 9.17) is 19.3 Å². The van der Waals surface area contributed by atoms with E-state index in [1.165, 1.54) is 33.5 Å². The Hall–Kier alpha value is -2.78. The van der Waals surface area contributed by atoms with Crippen molar-refractivity contribution in [2.45, 2.75) is 25.2 Å². The van der Waals surface area contributed by atoms with E-state index >= 15 is 0 Å². The van der Waals surface area contributed by atoms with Crippen LogP contribution in [0.25, 0.3) is 0 Å². The molecule has 0 unspecified atom stereocenters. The summed E-state index contributed by atoms with van der Waals surface area (Å²) in [6.07, 6.45) is 0.0226. The number of benzene rings is 2. The first-order chi connectivity index (χ1) is 13.1. The van der Waals surface area contributed by atoms with E-state index in [1.54, 1.807) is 26.0 Å². The third kappa shape index (κ3) is 4.73. The zero-order chi connectivity index (χ0) is 21.1. The van der Waals surface area contributed by atoms with Crippen molar-refractivity contribution < 1.29 is 27.4 Å². The van der Waals surface area contributed by atoms with Crippen LogP contribution in [-0.4, -0.2) is 35.7 Å². The standard InChI is InChI=1S/C19H24N2O6S/c1-11-6-14(28(20,23)24)10-15(12(11)2)21-18(22)9-13-7-16(25-3)19(27-5)17(8-13)26-4/h6-8,10H,9H2,1-5H3,(H,21,22)(H2,20,23,24). The average Bonchev–Trinajstić information content (AvgIpc) is 2.63. The zero-order valence-electron chi connectivity index (χ0n) is 16.5. The van der Waals surface area contributed by atoms with Crippen molar-refractivity contribution in [1.82, 2.24) is 0 Å². The van der Waals surface area contributed by atoms with Gasteiger partial charge in [-0.3, -0.25) is 4.79 Å². The number of anilines is 1. The van der Waals surface area contributed by atoms with Gasteiger partial charge in [-0.05, 0) is 54.8 Å². The van der Waals surface area contributed by atoms with Crippen molar-refractivity contribution in [2.75, 3.05) is 26.6 Å². The minimum atomic E-state index is -3.88.